The zero-order valence-electron chi connectivity index (χ0n) is 2.23. The second-order valence-corrected chi connectivity index (χ2v) is 0. The summed E-state index contributed by atoms with van der Waals surface area (Å²) >= 11 is 1.69. The van der Waals surface area contributed by atoms with Crippen LogP contribution in [0.15, 0.2) is 0 Å². The first-order valence-electron chi connectivity index (χ1n) is 0.154. The van der Waals surface area contributed by atoms with E-state index in [0.717, 1.165) is 0 Å². The standard InChI is InChI=1S/Mg.Mn.H2O.O.H/h;;1H2;;/q+1;;;;/p-1. The Balaban J connectivity index is -0.00000000500. The minimum absolute atomic E-state index is 0. The summed E-state index contributed by atoms with van der Waals surface area (Å²) in [5.74, 6) is 0. The number of hydrogen-bond acceptors (Lipinski definition) is 2. The van der Waals surface area contributed by atoms with Crippen molar-refractivity contribution in [3.8, 4) is 0 Å². The molecule has 0 aromatic rings. The second kappa shape index (κ2) is 34.3. The second-order valence-electron chi connectivity index (χ2n) is 0. The van der Waals surface area contributed by atoms with Gasteiger partial charge in [0, 0.05) is 0 Å². The molecule has 1 N–H and O–H groups in total. The molecule has 0 aliphatic rings. The van der Waals surface area contributed by atoms with E-state index in [9.17, 15) is 0 Å². The molecule has 0 bridgehead atoms. The average Bonchev–Trinajstić information content (AvgIpc) is 1.00. The topological polar surface area (TPSA) is 47.1 Å². The molecule has 0 heterocycles. The van der Waals surface area contributed by atoms with Crippen LogP contribution >= 0.6 is 0 Å². The quantitative estimate of drug-likeness (QED) is 0.380. The molecule has 0 aromatic heterocycles. The summed E-state index contributed by atoms with van der Waals surface area (Å²) in [6, 6.07) is 0. The molecule has 0 saturated heterocycles. The van der Waals surface area contributed by atoms with Gasteiger partial charge in [0.05, 0.1) is 0 Å². The van der Waals surface area contributed by atoms with Crippen molar-refractivity contribution in [3.63, 3.8) is 0 Å². The van der Waals surface area contributed by atoms with E-state index < -0.39 is 0 Å². The Morgan fingerprint density at radius 2 is 1.25 bits per heavy atom. The molecular formula is H2MgMnO2. The van der Waals surface area contributed by atoms with Crippen molar-refractivity contribution >= 4 is 23.1 Å². The molecular weight excluding hydrogens is 111 g/mol. The van der Waals surface area contributed by atoms with Gasteiger partial charge in [-0.3, -0.25) is 0 Å². The zero-order chi connectivity index (χ0) is 2.00. The molecule has 0 aliphatic heterocycles. The number of rotatable bonds is 0. The van der Waals surface area contributed by atoms with Crippen LogP contribution in [0, 0.1) is 0 Å². The van der Waals surface area contributed by atoms with Gasteiger partial charge in [-0.15, -0.1) is 0 Å². The van der Waals surface area contributed by atoms with Gasteiger partial charge in [0.25, 0.3) is 0 Å². The van der Waals surface area contributed by atoms with Crippen LogP contribution in [0.3, 0.4) is 0 Å². The average molecular weight is 113 g/mol. The first-order valence-corrected chi connectivity index (χ1v) is 0.636. The van der Waals surface area contributed by atoms with Gasteiger partial charge in [0.15, 0.2) is 0 Å². The van der Waals surface area contributed by atoms with Crippen molar-refractivity contribution in [1.82, 2.24) is 0 Å². The van der Waals surface area contributed by atoms with Gasteiger partial charge in [0.1, 0.15) is 0 Å². The van der Waals surface area contributed by atoms with E-state index >= 15 is 0 Å². The van der Waals surface area contributed by atoms with Gasteiger partial charge in [-0.2, -0.15) is 0 Å². The van der Waals surface area contributed by atoms with Crippen LogP contribution in [0.1, 0.15) is 0 Å². The van der Waals surface area contributed by atoms with Crippen molar-refractivity contribution < 1.29 is 25.3 Å². The molecule has 0 rings (SSSR count). The zero-order valence-corrected chi connectivity index (χ0v) is 5.41. The van der Waals surface area contributed by atoms with Crippen molar-refractivity contribution in [2.45, 2.75) is 0 Å². The molecule has 4 heteroatoms. The van der Waals surface area contributed by atoms with Crippen LogP contribution in [0.5, 0.6) is 0 Å². The Hall–Kier alpha value is 1.05. The maximum absolute atomic E-state index is 8.06. The molecule has 23 valence electrons. The fourth-order valence-corrected chi connectivity index (χ4v) is 0. The molecule has 4 heavy (non-hydrogen) atoms. The predicted molar refractivity (Wildman–Crippen MR) is 9.77 cm³/mol. The van der Waals surface area contributed by atoms with E-state index in [1.54, 1.807) is 15.9 Å². The fraction of sp³-hybridized carbons (Fsp3) is 0. The van der Waals surface area contributed by atoms with Gasteiger partial charge < -0.3 is 5.48 Å². The van der Waals surface area contributed by atoms with Crippen molar-refractivity contribution in [2.75, 3.05) is 0 Å². The Bertz CT molecular complexity index is 6.00. The normalized spacial score (nSPS) is 1.00. The van der Waals surface area contributed by atoms with Gasteiger partial charge in [-0.1, -0.05) is 0 Å². The molecule has 0 aromatic carbocycles. The Morgan fingerprint density at radius 1 is 1.25 bits per heavy atom. The van der Waals surface area contributed by atoms with E-state index in [1.807, 2.05) is 0 Å². The summed E-state index contributed by atoms with van der Waals surface area (Å²) in [7, 11) is 0. The third kappa shape index (κ3) is 11.7. The summed E-state index contributed by atoms with van der Waals surface area (Å²) < 4.78 is 8.06. The van der Waals surface area contributed by atoms with E-state index in [2.05, 4.69) is 0 Å². The van der Waals surface area contributed by atoms with Crippen LogP contribution in [0.4, 0.5) is 0 Å². The summed E-state index contributed by atoms with van der Waals surface area (Å²) in [5, 5.41) is 0. The first-order chi connectivity index (χ1) is 1.00. The van der Waals surface area contributed by atoms with Gasteiger partial charge in [-0.25, -0.2) is 0 Å². The van der Waals surface area contributed by atoms with Crippen molar-refractivity contribution in [1.29, 1.82) is 0 Å². The fourth-order valence-electron chi connectivity index (χ4n) is 0. The third-order valence-corrected chi connectivity index (χ3v) is 0. The van der Waals surface area contributed by atoms with E-state index in [-0.39, 0.29) is 28.5 Å². The van der Waals surface area contributed by atoms with Gasteiger partial charge in [0.2, 0.25) is 0 Å². The first kappa shape index (κ1) is 19.7. The Labute approximate surface area is 48.4 Å². The van der Waals surface area contributed by atoms with Crippen LogP contribution < -0.4 is 0 Å². The molecule has 0 aliphatic carbocycles. The van der Waals surface area contributed by atoms with Crippen LogP contribution in [-0.4, -0.2) is 28.5 Å². The van der Waals surface area contributed by atoms with Gasteiger partial charge >= 0.3 is 42.8 Å². The maximum atomic E-state index is 8.06. The molecule has 2 nitrogen and oxygen atoms in total. The van der Waals surface area contributed by atoms with Crippen molar-refractivity contribution in [2.24, 2.45) is 0 Å². The van der Waals surface area contributed by atoms with Crippen LogP contribution in [0.2, 0.25) is 0 Å². The molecule has 0 unspecified atom stereocenters. The SMILES string of the molecule is [MgH+].[OH-].[O]=[Mn]. The Kier molecular flexibility index (Phi) is 169. The molecule has 0 saturated carbocycles. The monoisotopic (exact) mass is 113 g/mol. The molecule has 0 amide bonds. The Morgan fingerprint density at radius 3 is 1.25 bits per heavy atom. The van der Waals surface area contributed by atoms with Crippen molar-refractivity contribution in [3.05, 3.63) is 0 Å². The van der Waals surface area contributed by atoms with E-state index in [0.29, 0.717) is 0 Å². The molecule has 0 spiro atoms. The summed E-state index contributed by atoms with van der Waals surface area (Å²) in [4.78, 5) is 0. The number of hydrogen-bond donors (Lipinski definition) is 0. The molecule has 0 fully saturated rings. The summed E-state index contributed by atoms with van der Waals surface area (Å²) in [6.07, 6.45) is 0. The molecule has 0 atom stereocenters. The third-order valence-electron chi connectivity index (χ3n) is 0. The van der Waals surface area contributed by atoms with Crippen LogP contribution in [0.25, 0.3) is 0 Å². The predicted octanol–water partition coefficient (Wildman–Crippen LogP) is -0.947. The molecule has 0 radical (unpaired) electrons. The summed E-state index contributed by atoms with van der Waals surface area (Å²) in [5.41, 5.74) is 0. The van der Waals surface area contributed by atoms with Crippen LogP contribution in [-0.2, 0) is 19.8 Å². The van der Waals surface area contributed by atoms with E-state index in [4.69, 9.17) is 3.83 Å². The summed E-state index contributed by atoms with van der Waals surface area (Å²) in [6.45, 7) is 0. The van der Waals surface area contributed by atoms with E-state index in [1.165, 1.54) is 0 Å². The minimum atomic E-state index is 0. The van der Waals surface area contributed by atoms with Gasteiger partial charge in [-0.05, 0) is 0 Å².